The van der Waals surface area contributed by atoms with Crippen molar-refractivity contribution in [2.75, 3.05) is 10.7 Å². The summed E-state index contributed by atoms with van der Waals surface area (Å²) < 4.78 is 517. The van der Waals surface area contributed by atoms with Crippen LogP contribution in [0.1, 0.15) is 22.3 Å². The zero-order valence-electron chi connectivity index (χ0n) is 53.7. The fraction of sp³-hybridized carbons (Fsp3) is 0.0857. The maximum atomic E-state index is 18.4. The van der Waals surface area contributed by atoms with Gasteiger partial charge < -0.3 is 0 Å². The molecule has 1 aliphatic heterocycles. The molecule has 0 bridgehead atoms. The van der Waals surface area contributed by atoms with Gasteiger partial charge in [0.2, 0.25) is 0 Å². The van der Waals surface area contributed by atoms with Crippen LogP contribution in [0.25, 0.3) is 0 Å². The Morgan fingerprint density at radius 1 is 0.241 bits per heavy atom. The van der Waals surface area contributed by atoms with E-state index in [9.17, 15) is 0 Å². The molecule has 0 radical (unpaired) electrons. The van der Waals surface area contributed by atoms with Crippen molar-refractivity contribution in [2.24, 2.45) is 0 Å². The van der Waals surface area contributed by atoms with Gasteiger partial charge in [-0.3, -0.25) is 0 Å². The van der Waals surface area contributed by atoms with Gasteiger partial charge in [-0.05, 0) is 81.4 Å². The van der Waals surface area contributed by atoms with E-state index >= 15 is 132 Å². The monoisotopic (exact) mass is 1670 g/mol. The third kappa shape index (κ3) is 12.6. The molecule has 0 saturated heterocycles. The van der Waals surface area contributed by atoms with Crippen molar-refractivity contribution < 1.29 is 132 Å². The molecule has 0 saturated carbocycles. The number of hydrogen-bond acceptors (Lipinski definition) is 0. The fourth-order valence-electron chi connectivity index (χ4n) is 13.6. The van der Waals surface area contributed by atoms with Crippen molar-refractivity contribution in [1.29, 1.82) is 0 Å². The van der Waals surface area contributed by atoms with Crippen LogP contribution >= 0.6 is 60.9 Å². The molecule has 0 aliphatic carbocycles. The minimum absolute atomic E-state index is 0.0216. The number of benzene rings is 10. The van der Waals surface area contributed by atoms with Crippen molar-refractivity contribution >= 4 is 127 Å². The van der Waals surface area contributed by atoms with Gasteiger partial charge in [-0.2, -0.15) is 5.98 Å². The zero-order chi connectivity index (χ0) is 80.7. The van der Waals surface area contributed by atoms with Crippen molar-refractivity contribution in [3.8, 4) is 0 Å². The van der Waals surface area contributed by atoms with E-state index in [1.807, 2.05) is 0 Å². The first kappa shape index (κ1) is 83.8. The quantitative estimate of drug-likeness (QED) is 0.0286. The lowest BCUT2D eigenvalue weighted by atomic mass is 9.15. The van der Waals surface area contributed by atoms with Gasteiger partial charge in [-0.15, -0.1) is 79.2 Å². The van der Waals surface area contributed by atoms with Crippen LogP contribution in [0.15, 0.2) is 119 Å². The van der Waals surface area contributed by atoms with Gasteiger partial charge in [0.1, 0.15) is 104 Å². The van der Waals surface area contributed by atoms with E-state index in [0.29, 0.717) is 48.5 Å². The average molecular weight is 1670 g/mol. The van der Waals surface area contributed by atoms with Crippen LogP contribution in [0, 0.1) is 202 Å². The molecule has 10 aromatic rings. The number of aryl methyl sites for hydroxylation is 4. The molecule has 0 amide bonds. The Morgan fingerprint density at radius 3 is 0.583 bits per heavy atom. The van der Waals surface area contributed by atoms with Gasteiger partial charge in [0.15, 0.2) is 123 Å². The lowest BCUT2D eigenvalue weighted by molar-refractivity contribution is 0.379. The van der Waals surface area contributed by atoms with Gasteiger partial charge in [0.25, 0.3) is 0 Å². The summed E-state index contributed by atoms with van der Waals surface area (Å²) in [5.74, 6) is -110. The highest BCUT2D eigenvalue weighted by Gasteiger charge is 2.74. The van der Waals surface area contributed by atoms with Crippen molar-refractivity contribution in [2.45, 2.75) is 27.7 Å². The first-order valence-electron chi connectivity index (χ1n) is 29.8. The van der Waals surface area contributed by atoms with Gasteiger partial charge in [0, 0.05) is 0 Å². The van der Waals surface area contributed by atoms with Crippen molar-refractivity contribution in [3.63, 3.8) is 0 Å². The largest absolute Gasteiger partial charge is 0.207 e. The number of rotatable bonds is 12. The van der Waals surface area contributed by atoms with E-state index in [1.165, 1.54) is 13.8 Å². The van der Waals surface area contributed by atoms with Gasteiger partial charge in [-0.1, -0.05) is 70.8 Å². The van der Waals surface area contributed by atoms with Crippen molar-refractivity contribution in [1.82, 2.24) is 0 Å². The Morgan fingerprint density at radius 2 is 0.398 bits per heavy atom. The molecular weight excluding hydrogens is 1640 g/mol. The van der Waals surface area contributed by atoms with Crippen LogP contribution in [0.2, 0.25) is 0 Å². The Balaban J connectivity index is 0.00000217. The van der Waals surface area contributed by atoms with E-state index < -0.39 is 272 Å². The van der Waals surface area contributed by atoms with E-state index in [0.717, 1.165) is 62.4 Å². The Hall–Kier alpha value is -8.27. The van der Waals surface area contributed by atoms with Crippen LogP contribution in [-0.2, 0) is 0 Å². The maximum Gasteiger partial charge on any atom is 0.200 e. The molecule has 568 valence electrons. The zero-order valence-corrected chi connectivity index (χ0v) is 58.5. The summed E-state index contributed by atoms with van der Waals surface area (Å²) in [6.07, 6.45) is -14.9. The van der Waals surface area contributed by atoms with E-state index in [2.05, 4.69) is 0 Å². The maximum absolute atomic E-state index is 18.4. The minimum atomic E-state index is -7.48. The van der Waals surface area contributed by atoms with Crippen LogP contribution < -0.4 is 54.0 Å². The SMILES string of the molecule is Cc1ccc([P+]2(c3ccc(C)cc3)C=C([B-](c3c(F)c(F)c(F)c(F)c3F)(c3c(F)c(F)c(F)c(F)c3F)c3c(F)c(F)c(F)c(F)c3F)[P+](c3ccc(C)cc3)(c3ccc(C)cc3)/C2=C/[B-](c2c(F)c(F)c(F)c(F)c2F)(c2c(F)c(F)c(F)c(F)c2F)c2c(F)c(F)c(F)c(F)c2F)cc1.ClCCl.ClCCl. The van der Waals surface area contributed by atoms with Crippen LogP contribution in [0.3, 0.4) is 0 Å². The standard InChI is InChI=1S/C68H30B2F30P2.2CH2Cl2/c1-23-5-13-27(14-6-23)101(28-15-7-24(2)8-16-28)22-31(70(36-45(77)57(89)66(98)58(90)46(36)78,37-47(79)59(91)67(99)60(92)48(37)80)38-49(81)61(93)68(100)62(94)50(38)82)102(29-17-9-25(3)10-18-29,30-19-11-26(4)12-20-30)32(101)21-69(33-39(71)51(83)63(95)52(84)40(33)72,34-41(73)53(85)64(96)54(86)42(34)74)35-43(75)55(87)65(97)56(88)44(35)76;2*2-1-3/h5-22H,1-4H3;2*1H2/b32-21+;;. The highest BCUT2D eigenvalue weighted by Crippen LogP contribution is 2.92. The highest BCUT2D eigenvalue weighted by molar-refractivity contribution is 8.17. The van der Waals surface area contributed by atoms with Gasteiger partial charge in [-0.25, -0.2) is 132 Å². The summed E-state index contributed by atoms with van der Waals surface area (Å²) in [5.41, 5.74) is -21.3. The fourth-order valence-corrected chi connectivity index (χ4v) is 26.5. The molecular formula is C70H34B2Cl4F30P2. The summed E-state index contributed by atoms with van der Waals surface area (Å²) in [6.45, 7) is 4.60. The molecule has 10 aromatic carbocycles. The lowest BCUT2D eigenvalue weighted by Gasteiger charge is -2.47. The summed E-state index contributed by atoms with van der Waals surface area (Å²) >= 11 is 19.1. The highest BCUT2D eigenvalue weighted by atomic mass is 35.5. The molecule has 0 unspecified atom stereocenters. The van der Waals surface area contributed by atoms with E-state index in [-0.39, 0.29) is 38.7 Å². The van der Waals surface area contributed by atoms with Gasteiger partial charge >= 0.3 is 0 Å². The molecule has 0 aromatic heterocycles. The number of alkyl halides is 4. The Labute approximate surface area is 610 Å². The molecule has 0 N–H and O–H groups in total. The summed E-state index contributed by atoms with van der Waals surface area (Å²) in [4.78, 5) is 0. The molecule has 1 heterocycles. The topological polar surface area (TPSA) is 0 Å². The summed E-state index contributed by atoms with van der Waals surface area (Å²) in [6, 6.07) is 11.6. The number of hydrogen-bond donors (Lipinski definition) is 0. The predicted octanol–water partition coefficient (Wildman–Crippen LogP) is 18.7. The van der Waals surface area contributed by atoms with Crippen molar-refractivity contribution in [3.05, 3.63) is 316 Å². The average Bonchev–Trinajstić information content (AvgIpc) is 1.44. The van der Waals surface area contributed by atoms with E-state index in [4.69, 9.17) is 46.4 Å². The molecule has 11 rings (SSSR count). The van der Waals surface area contributed by atoms with E-state index in [1.54, 1.807) is 0 Å². The smallest absolute Gasteiger partial charge is 0.200 e. The van der Waals surface area contributed by atoms with Gasteiger partial charge in [0.05, 0.1) is 16.5 Å². The third-order valence-corrected chi connectivity index (χ3v) is 28.2. The summed E-state index contributed by atoms with van der Waals surface area (Å²) in [7, 11) is -13.3. The molecule has 0 spiro atoms. The number of halogens is 34. The molecule has 0 nitrogen and oxygen atoms in total. The molecule has 0 atom stereocenters. The first-order chi connectivity index (χ1) is 50.6. The molecule has 108 heavy (non-hydrogen) atoms. The normalized spacial score (nSPS) is 13.8. The van der Waals surface area contributed by atoms with Crippen LogP contribution in [0.4, 0.5) is 132 Å². The second-order valence-electron chi connectivity index (χ2n) is 23.7. The minimum Gasteiger partial charge on any atom is -0.207 e. The molecule has 1 aliphatic rings. The Bertz CT molecular complexity index is 4800. The third-order valence-electron chi connectivity index (χ3n) is 18.1. The molecule has 0 fully saturated rings. The Kier molecular flexibility index (Phi) is 24.2. The van der Waals surface area contributed by atoms with Crippen LogP contribution in [0.5, 0.6) is 0 Å². The second-order valence-corrected chi connectivity index (χ2v) is 32.3. The first-order valence-corrected chi connectivity index (χ1v) is 35.6. The summed E-state index contributed by atoms with van der Waals surface area (Å²) in [5, 5.41) is -8.50. The predicted molar refractivity (Wildman–Crippen MR) is 353 cm³/mol. The second kappa shape index (κ2) is 31.2. The molecule has 38 heteroatoms. The lowest BCUT2D eigenvalue weighted by Crippen LogP contribution is -2.75. The van der Waals surface area contributed by atoms with Crippen LogP contribution in [-0.4, -0.2) is 23.0 Å².